The number of hydrogen-bond acceptors (Lipinski definition) is 4. The Kier molecular flexibility index (Phi) is 4.89. The second-order valence-corrected chi connectivity index (χ2v) is 6.71. The number of nitro benzene ring substituents is 1. The van der Waals surface area contributed by atoms with E-state index < -0.39 is 0 Å². The first-order valence-corrected chi connectivity index (χ1v) is 7.68. The number of benzene rings is 1. The van der Waals surface area contributed by atoms with Crippen LogP contribution in [-0.2, 0) is 13.0 Å². The Balaban J connectivity index is 2.04. The molecule has 0 bridgehead atoms. The molecule has 2 amide bonds. The molecule has 2 rings (SSSR count). The Bertz CT molecular complexity index is 613. The number of nitrogens with one attached hydrogen (secondary N) is 1. The molecule has 23 heavy (non-hydrogen) atoms. The summed E-state index contributed by atoms with van der Waals surface area (Å²) < 4.78 is 0. The molecule has 1 N–H and O–H groups in total. The van der Waals surface area contributed by atoms with Gasteiger partial charge in [-0.15, -0.1) is 0 Å². The topological polar surface area (TPSA) is 78.7 Å². The fraction of sp³-hybridized carbons (Fsp3) is 0.562. The standard InChI is InChI=1S/C16H24N4O3/c1-16(2,18(3)4)11-17-15(21)19-9-8-13-12(10-19)6-5-7-14(13)20(22)23/h5-7H,8-11H2,1-4H3,(H,17,21). The van der Waals surface area contributed by atoms with E-state index in [-0.39, 0.29) is 22.2 Å². The highest BCUT2D eigenvalue weighted by Crippen LogP contribution is 2.27. The number of rotatable bonds is 4. The van der Waals surface area contributed by atoms with Crippen molar-refractivity contribution in [3.05, 3.63) is 39.4 Å². The van der Waals surface area contributed by atoms with E-state index in [4.69, 9.17) is 0 Å². The van der Waals surface area contributed by atoms with Gasteiger partial charge in [0.15, 0.2) is 0 Å². The summed E-state index contributed by atoms with van der Waals surface area (Å²) in [5.74, 6) is 0. The van der Waals surface area contributed by atoms with Crippen molar-refractivity contribution < 1.29 is 9.72 Å². The lowest BCUT2D eigenvalue weighted by atomic mass is 9.98. The maximum atomic E-state index is 12.4. The van der Waals surface area contributed by atoms with Gasteiger partial charge in [-0.3, -0.25) is 10.1 Å². The molecule has 1 aliphatic heterocycles. The average Bonchev–Trinajstić information content (AvgIpc) is 2.51. The van der Waals surface area contributed by atoms with Crippen LogP contribution in [0.25, 0.3) is 0 Å². The zero-order valence-electron chi connectivity index (χ0n) is 14.1. The zero-order chi connectivity index (χ0) is 17.2. The second-order valence-electron chi connectivity index (χ2n) is 6.71. The first kappa shape index (κ1) is 17.2. The molecule has 0 atom stereocenters. The Labute approximate surface area is 136 Å². The number of carbonyl (C=O) groups excluding carboxylic acids is 1. The Morgan fingerprint density at radius 1 is 1.43 bits per heavy atom. The summed E-state index contributed by atoms with van der Waals surface area (Å²) in [6.45, 7) is 5.55. The minimum absolute atomic E-state index is 0.128. The number of carbonyl (C=O) groups is 1. The normalized spacial score (nSPS) is 14.6. The molecule has 1 aromatic rings. The van der Waals surface area contributed by atoms with E-state index in [1.807, 2.05) is 20.2 Å². The van der Waals surface area contributed by atoms with Crippen molar-refractivity contribution in [2.45, 2.75) is 32.4 Å². The van der Waals surface area contributed by atoms with Crippen LogP contribution >= 0.6 is 0 Å². The fourth-order valence-electron chi connectivity index (χ4n) is 2.50. The lowest BCUT2D eigenvalue weighted by Crippen LogP contribution is -2.51. The highest BCUT2D eigenvalue weighted by Gasteiger charge is 2.27. The first-order valence-electron chi connectivity index (χ1n) is 7.68. The van der Waals surface area contributed by atoms with Crippen LogP contribution in [0.3, 0.4) is 0 Å². The van der Waals surface area contributed by atoms with Crippen molar-refractivity contribution in [3.8, 4) is 0 Å². The number of nitro groups is 1. The van der Waals surface area contributed by atoms with Gasteiger partial charge >= 0.3 is 6.03 Å². The molecule has 126 valence electrons. The molecule has 0 spiro atoms. The number of urea groups is 1. The summed E-state index contributed by atoms with van der Waals surface area (Å²) in [4.78, 5) is 26.8. The van der Waals surface area contributed by atoms with Gasteiger partial charge < -0.3 is 15.1 Å². The van der Waals surface area contributed by atoms with Gasteiger partial charge in [0, 0.05) is 36.8 Å². The van der Waals surface area contributed by atoms with E-state index in [1.165, 1.54) is 6.07 Å². The van der Waals surface area contributed by atoms with Gasteiger partial charge in [-0.1, -0.05) is 12.1 Å². The fourth-order valence-corrected chi connectivity index (χ4v) is 2.50. The van der Waals surface area contributed by atoms with Crippen LogP contribution in [0.4, 0.5) is 10.5 Å². The Morgan fingerprint density at radius 2 is 2.13 bits per heavy atom. The highest BCUT2D eigenvalue weighted by molar-refractivity contribution is 5.74. The maximum absolute atomic E-state index is 12.4. The van der Waals surface area contributed by atoms with Crippen LogP contribution in [0.15, 0.2) is 18.2 Å². The minimum atomic E-state index is -0.353. The van der Waals surface area contributed by atoms with Crippen LogP contribution in [0.1, 0.15) is 25.0 Å². The number of likely N-dealkylation sites (N-methyl/N-ethyl adjacent to an activating group) is 1. The van der Waals surface area contributed by atoms with Crippen molar-refractivity contribution in [1.29, 1.82) is 0 Å². The third-order valence-corrected chi connectivity index (χ3v) is 4.61. The van der Waals surface area contributed by atoms with Crippen molar-refractivity contribution in [3.63, 3.8) is 0 Å². The summed E-state index contributed by atoms with van der Waals surface area (Å²) in [7, 11) is 3.95. The summed E-state index contributed by atoms with van der Waals surface area (Å²) in [6, 6.07) is 4.92. The van der Waals surface area contributed by atoms with E-state index in [0.717, 1.165) is 11.1 Å². The van der Waals surface area contributed by atoms with Gasteiger partial charge in [0.2, 0.25) is 0 Å². The summed E-state index contributed by atoms with van der Waals surface area (Å²) in [5.41, 5.74) is 1.61. The maximum Gasteiger partial charge on any atom is 0.317 e. The van der Waals surface area contributed by atoms with Crippen molar-refractivity contribution >= 4 is 11.7 Å². The molecule has 0 saturated carbocycles. The molecule has 1 aliphatic rings. The van der Waals surface area contributed by atoms with E-state index in [1.54, 1.807) is 11.0 Å². The van der Waals surface area contributed by atoms with Crippen LogP contribution in [-0.4, -0.2) is 53.5 Å². The molecular weight excluding hydrogens is 296 g/mol. The number of amides is 2. The molecule has 7 nitrogen and oxygen atoms in total. The molecular formula is C16H24N4O3. The monoisotopic (exact) mass is 320 g/mol. The van der Waals surface area contributed by atoms with Crippen molar-refractivity contribution in [1.82, 2.24) is 15.1 Å². The number of nitrogens with zero attached hydrogens (tertiary/aromatic N) is 3. The smallest absolute Gasteiger partial charge is 0.317 e. The first-order chi connectivity index (χ1) is 10.7. The predicted octanol–water partition coefficient (Wildman–Crippen LogP) is 2.00. The van der Waals surface area contributed by atoms with Gasteiger partial charge in [-0.05, 0) is 39.9 Å². The third-order valence-electron chi connectivity index (χ3n) is 4.61. The van der Waals surface area contributed by atoms with Crippen molar-refractivity contribution in [2.75, 3.05) is 27.2 Å². The minimum Gasteiger partial charge on any atom is -0.336 e. The highest BCUT2D eigenvalue weighted by atomic mass is 16.6. The summed E-state index contributed by atoms with van der Waals surface area (Å²) in [5, 5.41) is 14.0. The number of fused-ring (bicyclic) bond motifs is 1. The van der Waals surface area contributed by atoms with Crippen LogP contribution in [0.2, 0.25) is 0 Å². The Hall–Kier alpha value is -2.15. The van der Waals surface area contributed by atoms with Gasteiger partial charge in [0.1, 0.15) is 0 Å². The van der Waals surface area contributed by atoms with E-state index >= 15 is 0 Å². The molecule has 0 saturated heterocycles. The molecule has 1 heterocycles. The lowest BCUT2D eigenvalue weighted by Gasteiger charge is -2.34. The zero-order valence-corrected chi connectivity index (χ0v) is 14.1. The summed E-state index contributed by atoms with van der Waals surface area (Å²) >= 11 is 0. The molecule has 1 aromatic carbocycles. The SMILES string of the molecule is CN(C)C(C)(C)CNC(=O)N1CCc2c(cccc2[N+](=O)[O-])C1. The lowest BCUT2D eigenvalue weighted by molar-refractivity contribution is -0.385. The van der Waals surface area contributed by atoms with E-state index in [9.17, 15) is 14.9 Å². The van der Waals surface area contributed by atoms with Gasteiger partial charge in [0.05, 0.1) is 4.92 Å². The van der Waals surface area contributed by atoms with Gasteiger partial charge in [-0.2, -0.15) is 0 Å². The quantitative estimate of drug-likeness (QED) is 0.680. The van der Waals surface area contributed by atoms with Crippen molar-refractivity contribution in [2.24, 2.45) is 0 Å². The van der Waals surface area contributed by atoms with Crippen LogP contribution < -0.4 is 5.32 Å². The molecule has 0 aromatic heterocycles. The average molecular weight is 320 g/mol. The molecule has 0 radical (unpaired) electrons. The summed E-state index contributed by atoms with van der Waals surface area (Å²) in [6.07, 6.45) is 0.511. The largest absolute Gasteiger partial charge is 0.336 e. The third kappa shape index (κ3) is 3.79. The van der Waals surface area contributed by atoms with E-state index in [2.05, 4.69) is 24.1 Å². The second kappa shape index (κ2) is 6.54. The predicted molar refractivity (Wildman–Crippen MR) is 88.4 cm³/mol. The molecule has 0 aliphatic carbocycles. The molecule has 0 unspecified atom stereocenters. The molecule has 0 fully saturated rings. The van der Waals surface area contributed by atoms with Crippen LogP contribution in [0, 0.1) is 10.1 Å². The number of hydrogen-bond donors (Lipinski definition) is 1. The van der Waals surface area contributed by atoms with Crippen LogP contribution in [0.5, 0.6) is 0 Å². The van der Waals surface area contributed by atoms with E-state index in [0.29, 0.717) is 26.1 Å². The Morgan fingerprint density at radius 3 is 2.74 bits per heavy atom. The van der Waals surface area contributed by atoms with Gasteiger partial charge in [-0.25, -0.2) is 4.79 Å². The molecule has 7 heteroatoms. The van der Waals surface area contributed by atoms with Gasteiger partial charge in [0.25, 0.3) is 5.69 Å².